The van der Waals surface area contributed by atoms with Gasteiger partial charge in [-0.25, -0.2) is 9.89 Å². The molecule has 35 heavy (non-hydrogen) atoms. The molecule has 3 N–H and O–H groups in total. The van der Waals surface area contributed by atoms with Crippen LogP contribution >= 0.6 is 0 Å². The zero-order valence-electron chi connectivity index (χ0n) is 18.9. The molecule has 3 atom stereocenters. The van der Waals surface area contributed by atoms with E-state index in [0.717, 1.165) is 4.90 Å². The summed E-state index contributed by atoms with van der Waals surface area (Å²) in [5, 5.41) is 43.6. The number of nitro groups is 2. The summed E-state index contributed by atoms with van der Waals surface area (Å²) in [5.74, 6) is -0.241. The van der Waals surface area contributed by atoms with Crippen molar-refractivity contribution in [3.8, 4) is 11.9 Å². The Balaban J connectivity index is 2.14. The molecule has 2 aromatic carbocycles. The van der Waals surface area contributed by atoms with Crippen LogP contribution in [0.1, 0.15) is 18.5 Å². The smallest absolute Gasteiger partial charge is 0.270 e. The van der Waals surface area contributed by atoms with Gasteiger partial charge in [0.25, 0.3) is 11.4 Å². The monoisotopic (exact) mass is 486 g/mol. The van der Waals surface area contributed by atoms with Gasteiger partial charge in [0, 0.05) is 44.0 Å². The molecular weight excluding hydrogens is 464 g/mol. The van der Waals surface area contributed by atoms with Crippen LogP contribution in [0, 0.1) is 31.7 Å². The van der Waals surface area contributed by atoms with Gasteiger partial charge in [0.05, 0.1) is 15.5 Å². The molecule has 0 amide bonds. The summed E-state index contributed by atoms with van der Waals surface area (Å²) in [6, 6.07) is 7.52. The van der Waals surface area contributed by atoms with Gasteiger partial charge in [0.15, 0.2) is 18.1 Å². The van der Waals surface area contributed by atoms with E-state index in [1.807, 2.05) is 6.19 Å². The molecule has 0 bridgehead atoms. The van der Waals surface area contributed by atoms with Gasteiger partial charge in [-0.15, -0.1) is 0 Å². The summed E-state index contributed by atoms with van der Waals surface area (Å²) in [4.78, 5) is 26.0. The third-order valence-electron chi connectivity index (χ3n) is 5.57. The normalized spacial score (nSPS) is 21.5. The Labute approximate surface area is 199 Å². The standard InChI is InChI=1S/C21H22N6O8/c1-21(19(33-2)34-3)18(28)17(15-10-14(27(31)32)8-9-16(15)35-21)25(11-22)20(23)24-12-4-6-13(7-5-12)26(29)30/h4-10,17-19,28H,1-3H3,(H2,23,24). The Kier molecular flexibility index (Phi) is 7.15. The van der Waals surface area contributed by atoms with Gasteiger partial charge < -0.3 is 25.1 Å². The first kappa shape index (κ1) is 25.3. The number of aliphatic hydroxyl groups excluding tert-OH is 1. The predicted molar refractivity (Wildman–Crippen MR) is 121 cm³/mol. The van der Waals surface area contributed by atoms with Crippen molar-refractivity contribution in [1.82, 2.24) is 4.90 Å². The van der Waals surface area contributed by atoms with Gasteiger partial charge in [-0.3, -0.25) is 20.2 Å². The van der Waals surface area contributed by atoms with Crippen molar-refractivity contribution < 1.29 is 29.2 Å². The van der Waals surface area contributed by atoms with Crippen LogP contribution in [0.3, 0.4) is 0 Å². The van der Waals surface area contributed by atoms with E-state index in [9.17, 15) is 30.6 Å². The zero-order valence-corrected chi connectivity index (χ0v) is 18.9. The lowest BCUT2D eigenvalue weighted by atomic mass is 9.83. The number of benzene rings is 2. The first-order valence-corrected chi connectivity index (χ1v) is 10.1. The summed E-state index contributed by atoms with van der Waals surface area (Å²) in [5.41, 5.74) is 4.38. The van der Waals surface area contributed by atoms with Crippen molar-refractivity contribution in [2.45, 2.75) is 31.0 Å². The van der Waals surface area contributed by atoms with Crippen LogP contribution in [0.5, 0.6) is 5.75 Å². The maximum absolute atomic E-state index is 11.4. The molecule has 1 heterocycles. The molecule has 0 fully saturated rings. The molecule has 1 aliphatic heterocycles. The van der Waals surface area contributed by atoms with Crippen molar-refractivity contribution in [2.24, 2.45) is 10.7 Å². The van der Waals surface area contributed by atoms with Crippen molar-refractivity contribution in [2.75, 3.05) is 14.2 Å². The highest BCUT2D eigenvalue weighted by atomic mass is 16.7. The third-order valence-corrected chi connectivity index (χ3v) is 5.57. The number of nitro benzene ring substituents is 2. The molecule has 0 aliphatic carbocycles. The van der Waals surface area contributed by atoms with Crippen LogP contribution in [0.25, 0.3) is 0 Å². The highest BCUT2D eigenvalue weighted by Crippen LogP contribution is 2.46. The van der Waals surface area contributed by atoms with Gasteiger partial charge in [0.2, 0.25) is 5.96 Å². The predicted octanol–water partition coefficient (Wildman–Crippen LogP) is 2.10. The SMILES string of the molecule is COC(OC)C1(C)Oc2ccc([N+](=O)[O-])cc2C(N(C#N)C(N)=Nc2ccc([N+](=O)[O-])cc2)C1O. The largest absolute Gasteiger partial charge is 0.479 e. The number of aliphatic imine (C=N–C) groups is 1. The summed E-state index contributed by atoms with van der Waals surface area (Å²) >= 11 is 0. The number of hydrogen-bond donors (Lipinski definition) is 2. The van der Waals surface area contributed by atoms with E-state index >= 15 is 0 Å². The lowest BCUT2D eigenvalue weighted by Crippen LogP contribution is -2.62. The fourth-order valence-corrected chi connectivity index (χ4v) is 3.88. The van der Waals surface area contributed by atoms with Crippen LogP contribution in [0.15, 0.2) is 47.5 Å². The third kappa shape index (κ3) is 4.68. The minimum absolute atomic E-state index is 0.110. The number of non-ortho nitro benzene ring substituents is 2. The van der Waals surface area contributed by atoms with E-state index in [-0.39, 0.29) is 34.3 Å². The summed E-state index contributed by atoms with van der Waals surface area (Å²) in [6.07, 6.45) is -0.793. The number of aliphatic hydroxyl groups is 1. The molecule has 0 radical (unpaired) electrons. The van der Waals surface area contributed by atoms with E-state index in [4.69, 9.17) is 19.9 Å². The van der Waals surface area contributed by atoms with Crippen molar-refractivity contribution >= 4 is 23.0 Å². The number of guanidine groups is 1. The van der Waals surface area contributed by atoms with E-state index in [2.05, 4.69) is 4.99 Å². The number of nitrogens with two attached hydrogens (primary N) is 1. The van der Waals surface area contributed by atoms with Crippen LogP contribution in [-0.2, 0) is 9.47 Å². The van der Waals surface area contributed by atoms with Crippen molar-refractivity contribution in [3.63, 3.8) is 0 Å². The Morgan fingerprint density at radius 3 is 2.29 bits per heavy atom. The summed E-state index contributed by atoms with van der Waals surface area (Å²) in [6.45, 7) is 1.49. The van der Waals surface area contributed by atoms with Crippen LogP contribution in [0.4, 0.5) is 17.1 Å². The average Bonchev–Trinajstić information content (AvgIpc) is 2.82. The summed E-state index contributed by atoms with van der Waals surface area (Å²) in [7, 11) is 2.67. The Morgan fingerprint density at radius 1 is 1.20 bits per heavy atom. The maximum Gasteiger partial charge on any atom is 0.270 e. The molecule has 3 rings (SSSR count). The van der Waals surface area contributed by atoms with Crippen molar-refractivity contribution in [1.29, 1.82) is 5.26 Å². The fourth-order valence-electron chi connectivity index (χ4n) is 3.88. The van der Waals surface area contributed by atoms with Crippen LogP contribution in [0.2, 0.25) is 0 Å². The molecule has 0 aromatic heterocycles. The first-order chi connectivity index (χ1) is 16.6. The number of fused-ring (bicyclic) bond motifs is 1. The number of nitriles is 1. The minimum atomic E-state index is -1.57. The number of hydrogen-bond acceptors (Lipinski definition) is 10. The van der Waals surface area contributed by atoms with Crippen molar-refractivity contribution in [3.05, 3.63) is 68.3 Å². The molecule has 0 saturated carbocycles. The zero-order chi connectivity index (χ0) is 25.9. The minimum Gasteiger partial charge on any atom is -0.479 e. The number of methoxy groups -OCH3 is 2. The van der Waals surface area contributed by atoms with Gasteiger partial charge in [0.1, 0.15) is 17.9 Å². The van der Waals surface area contributed by atoms with E-state index in [0.29, 0.717) is 0 Å². The quantitative estimate of drug-likeness (QED) is 0.110. The molecule has 14 nitrogen and oxygen atoms in total. The van der Waals surface area contributed by atoms with E-state index < -0.39 is 33.9 Å². The maximum atomic E-state index is 11.4. The Bertz CT molecular complexity index is 1190. The highest BCUT2D eigenvalue weighted by Gasteiger charge is 2.54. The molecule has 1 aliphatic rings. The number of ether oxygens (including phenoxy) is 3. The second kappa shape index (κ2) is 9.89. The topological polar surface area (TPSA) is 200 Å². The van der Waals surface area contributed by atoms with Crippen LogP contribution in [-0.4, -0.2) is 58.0 Å². The number of nitrogens with zero attached hydrogens (tertiary/aromatic N) is 5. The second-order valence-electron chi connectivity index (χ2n) is 7.67. The lowest BCUT2D eigenvalue weighted by Gasteiger charge is -2.47. The molecule has 2 aromatic rings. The average molecular weight is 486 g/mol. The molecule has 0 spiro atoms. The highest BCUT2D eigenvalue weighted by molar-refractivity contribution is 5.83. The van der Waals surface area contributed by atoms with Gasteiger partial charge in [-0.05, 0) is 25.1 Å². The van der Waals surface area contributed by atoms with Gasteiger partial charge in [-0.2, -0.15) is 5.26 Å². The Hall–Kier alpha value is -4.32. The molecule has 184 valence electrons. The van der Waals surface area contributed by atoms with E-state index in [1.54, 1.807) is 0 Å². The first-order valence-electron chi connectivity index (χ1n) is 10.1. The van der Waals surface area contributed by atoms with Gasteiger partial charge in [-0.1, -0.05) is 0 Å². The summed E-state index contributed by atoms with van der Waals surface area (Å²) < 4.78 is 16.6. The van der Waals surface area contributed by atoms with Crippen LogP contribution < -0.4 is 10.5 Å². The fraction of sp³-hybridized carbons (Fsp3) is 0.333. The molecule has 14 heteroatoms. The molecule has 0 saturated heterocycles. The Morgan fingerprint density at radius 2 is 1.77 bits per heavy atom. The molecule has 3 unspecified atom stereocenters. The second-order valence-corrected chi connectivity index (χ2v) is 7.67. The molecular formula is C21H22N6O8. The van der Waals surface area contributed by atoms with E-state index in [1.165, 1.54) is 63.6 Å². The number of rotatable bonds is 7. The van der Waals surface area contributed by atoms with Gasteiger partial charge >= 0.3 is 0 Å². The lowest BCUT2D eigenvalue weighted by molar-refractivity contribution is -0.385.